The van der Waals surface area contributed by atoms with Gasteiger partial charge in [-0.2, -0.15) is 0 Å². The summed E-state index contributed by atoms with van der Waals surface area (Å²) >= 11 is 0. The molecule has 2 aliphatic rings. The van der Waals surface area contributed by atoms with E-state index in [1.807, 2.05) is 0 Å². The molecule has 3 N–H and O–H groups in total. The van der Waals surface area contributed by atoms with Gasteiger partial charge in [0.15, 0.2) is 0 Å². The van der Waals surface area contributed by atoms with Crippen molar-refractivity contribution in [2.45, 2.75) is 64.0 Å². The summed E-state index contributed by atoms with van der Waals surface area (Å²) in [4.78, 5) is 2.47. The second-order valence-electron chi connectivity index (χ2n) is 6.29. The predicted molar refractivity (Wildman–Crippen MR) is 75.4 cm³/mol. The van der Waals surface area contributed by atoms with Crippen LogP contribution in [0.25, 0.3) is 0 Å². The molecular formula is C15H30N2O. The summed E-state index contributed by atoms with van der Waals surface area (Å²) in [6.45, 7) is 4.78. The second-order valence-corrected chi connectivity index (χ2v) is 6.29. The molecule has 0 bridgehead atoms. The Morgan fingerprint density at radius 3 is 2.61 bits per heavy atom. The molecule has 0 aromatic heterocycles. The molecule has 2 rings (SSSR count). The number of rotatable bonds is 6. The van der Waals surface area contributed by atoms with Crippen molar-refractivity contribution in [2.24, 2.45) is 17.6 Å². The van der Waals surface area contributed by atoms with Crippen LogP contribution in [0.4, 0.5) is 0 Å². The summed E-state index contributed by atoms with van der Waals surface area (Å²) in [6, 6.07) is 0.399. The molecule has 1 saturated carbocycles. The Hall–Kier alpha value is -0.120. The van der Waals surface area contributed by atoms with Crippen LogP contribution in [0, 0.1) is 11.8 Å². The molecule has 0 spiro atoms. The van der Waals surface area contributed by atoms with E-state index in [0.29, 0.717) is 5.92 Å². The molecule has 106 valence electrons. The van der Waals surface area contributed by atoms with E-state index in [2.05, 4.69) is 11.8 Å². The van der Waals surface area contributed by atoms with Crippen molar-refractivity contribution in [2.75, 3.05) is 19.7 Å². The zero-order valence-corrected chi connectivity index (χ0v) is 11.9. The van der Waals surface area contributed by atoms with Crippen LogP contribution in [0.15, 0.2) is 0 Å². The SMILES string of the molecule is CCCC1CCCN(C(CO)C(N)C2CC2)CC1. The van der Waals surface area contributed by atoms with E-state index in [-0.39, 0.29) is 18.7 Å². The third-order valence-electron chi connectivity index (χ3n) is 4.85. The third kappa shape index (κ3) is 3.69. The molecule has 0 radical (unpaired) electrons. The molecule has 3 nitrogen and oxygen atoms in total. The fraction of sp³-hybridized carbons (Fsp3) is 1.00. The molecule has 2 fully saturated rings. The largest absolute Gasteiger partial charge is 0.395 e. The zero-order valence-electron chi connectivity index (χ0n) is 11.9. The Kier molecular flexibility index (Phi) is 5.46. The number of hydrogen-bond acceptors (Lipinski definition) is 3. The maximum atomic E-state index is 9.66. The van der Waals surface area contributed by atoms with Gasteiger partial charge in [0.05, 0.1) is 6.61 Å². The predicted octanol–water partition coefficient (Wildman–Crippen LogP) is 1.99. The highest BCUT2D eigenvalue weighted by atomic mass is 16.3. The minimum absolute atomic E-state index is 0.192. The van der Waals surface area contributed by atoms with Gasteiger partial charge in [0, 0.05) is 12.1 Å². The highest BCUT2D eigenvalue weighted by molar-refractivity contribution is 4.93. The van der Waals surface area contributed by atoms with Gasteiger partial charge >= 0.3 is 0 Å². The van der Waals surface area contributed by atoms with Crippen molar-refractivity contribution in [1.29, 1.82) is 0 Å². The fourth-order valence-electron chi connectivity index (χ4n) is 3.49. The van der Waals surface area contributed by atoms with Crippen molar-refractivity contribution in [3.63, 3.8) is 0 Å². The van der Waals surface area contributed by atoms with Gasteiger partial charge in [-0.1, -0.05) is 19.8 Å². The maximum Gasteiger partial charge on any atom is 0.0602 e. The van der Waals surface area contributed by atoms with E-state index >= 15 is 0 Å². The first-order valence-corrected chi connectivity index (χ1v) is 7.86. The minimum Gasteiger partial charge on any atom is -0.395 e. The number of aliphatic hydroxyl groups excluding tert-OH is 1. The van der Waals surface area contributed by atoms with Gasteiger partial charge in [0.1, 0.15) is 0 Å². The standard InChI is InChI=1S/C15H30N2O/c1-2-4-12-5-3-9-17(10-8-12)14(11-18)15(16)13-6-7-13/h12-15,18H,2-11,16H2,1H3. The van der Waals surface area contributed by atoms with Crippen LogP contribution < -0.4 is 5.73 Å². The van der Waals surface area contributed by atoms with Crippen molar-refractivity contribution in [3.8, 4) is 0 Å². The molecule has 3 heteroatoms. The Labute approximate surface area is 112 Å². The average molecular weight is 254 g/mol. The first-order chi connectivity index (χ1) is 8.76. The molecule has 18 heavy (non-hydrogen) atoms. The summed E-state index contributed by atoms with van der Waals surface area (Å²) in [6.07, 6.45) is 9.14. The van der Waals surface area contributed by atoms with Crippen LogP contribution in [0.3, 0.4) is 0 Å². The zero-order chi connectivity index (χ0) is 13.0. The molecule has 0 aromatic rings. The summed E-state index contributed by atoms with van der Waals surface area (Å²) in [5.74, 6) is 1.58. The van der Waals surface area contributed by atoms with E-state index in [9.17, 15) is 5.11 Å². The van der Waals surface area contributed by atoms with Gasteiger partial charge in [0.25, 0.3) is 0 Å². The van der Waals surface area contributed by atoms with E-state index < -0.39 is 0 Å². The monoisotopic (exact) mass is 254 g/mol. The molecule has 0 aromatic carbocycles. The second kappa shape index (κ2) is 6.88. The van der Waals surface area contributed by atoms with Gasteiger partial charge < -0.3 is 10.8 Å². The van der Waals surface area contributed by atoms with Gasteiger partial charge in [0.2, 0.25) is 0 Å². The maximum absolute atomic E-state index is 9.66. The van der Waals surface area contributed by atoms with Crippen LogP contribution in [0.1, 0.15) is 51.9 Å². The summed E-state index contributed by atoms with van der Waals surface area (Å²) < 4.78 is 0. The van der Waals surface area contributed by atoms with Crippen LogP contribution in [0.2, 0.25) is 0 Å². The topological polar surface area (TPSA) is 49.5 Å². The average Bonchev–Trinajstić information content (AvgIpc) is 3.17. The van der Waals surface area contributed by atoms with Crippen LogP contribution in [-0.2, 0) is 0 Å². The lowest BCUT2D eigenvalue weighted by molar-refractivity contribution is 0.0999. The Bertz CT molecular complexity index is 243. The summed E-state index contributed by atoms with van der Waals surface area (Å²) in [5.41, 5.74) is 6.31. The first kappa shape index (κ1) is 14.3. The number of nitrogens with two attached hydrogens (primary N) is 1. The fourth-order valence-corrected chi connectivity index (χ4v) is 3.49. The molecule has 1 heterocycles. The third-order valence-corrected chi connectivity index (χ3v) is 4.85. The van der Waals surface area contributed by atoms with Crippen LogP contribution in [-0.4, -0.2) is 41.8 Å². The molecule has 0 amide bonds. The van der Waals surface area contributed by atoms with Gasteiger partial charge in [-0.3, -0.25) is 4.90 Å². The van der Waals surface area contributed by atoms with Crippen molar-refractivity contribution in [1.82, 2.24) is 4.90 Å². The number of hydrogen-bond donors (Lipinski definition) is 2. The Morgan fingerprint density at radius 1 is 1.22 bits per heavy atom. The van der Waals surface area contributed by atoms with Crippen molar-refractivity contribution >= 4 is 0 Å². The van der Waals surface area contributed by atoms with E-state index in [1.165, 1.54) is 44.9 Å². The first-order valence-electron chi connectivity index (χ1n) is 7.86. The highest BCUT2D eigenvalue weighted by Gasteiger charge is 2.36. The highest BCUT2D eigenvalue weighted by Crippen LogP contribution is 2.34. The van der Waals surface area contributed by atoms with E-state index in [1.54, 1.807) is 0 Å². The molecule has 1 aliphatic carbocycles. The Morgan fingerprint density at radius 2 is 2.00 bits per heavy atom. The van der Waals surface area contributed by atoms with Gasteiger partial charge in [-0.15, -0.1) is 0 Å². The molecule has 3 unspecified atom stereocenters. The van der Waals surface area contributed by atoms with Crippen LogP contribution >= 0.6 is 0 Å². The van der Waals surface area contributed by atoms with Gasteiger partial charge in [-0.05, 0) is 57.0 Å². The number of nitrogens with zero attached hydrogens (tertiary/aromatic N) is 1. The molecule has 1 aliphatic heterocycles. The smallest absolute Gasteiger partial charge is 0.0602 e. The lowest BCUT2D eigenvalue weighted by atomic mass is 9.96. The van der Waals surface area contributed by atoms with Crippen molar-refractivity contribution in [3.05, 3.63) is 0 Å². The molecule has 1 saturated heterocycles. The number of aliphatic hydroxyl groups is 1. The quantitative estimate of drug-likeness (QED) is 0.762. The van der Waals surface area contributed by atoms with Crippen molar-refractivity contribution < 1.29 is 5.11 Å². The van der Waals surface area contributed by atoms with E-state index in [0.717, 1.165) is 19.0 Å². The van der Waals surface area contributed by atoms with E-state index in [4.69, 9.17) is 5.73 Å². The molecule has 3 atom stereocenters. The summed E-state index contributed by atoms with van der Waals surface area (Å²) in [7, 11) is 0. The number of likely N-dealkylation sites (tertiary alicyclic amines) is 1. The lowest BCUT2D eigenvalue weighted by Gasteiger charge is -2.33. The summed E-state index contributed by atoms with van der Waals surface area (Å²) in [5, 5.41) is 9.66. The molecular weight excluding hydrogens is 224 g/mol. The Balaban J connectivity index is 1.86. The van der Waals surface area contributed by atoms with Gasteiger partial charge in [-0.25, -0.2) is 0 Å². The normalized spacial score (nSPS) is 29.8. The van der Waals surface area contributed by atoms with Crippen LogP contribution in [0.5, 0.6) is 0 Å². The lowest BCUT2D eigenvalue weighted by Crippen LogP contribution is -2.51. The minimum atomic E-state index is 0.192.